The number of carbonyl (C=O) groups excluding carboxylic acids is 1. The standard InChI is InChI=1S/C26H19N5OS/c27-13-18-23(15-5-3-9-29-14-15)24-20(11-16(12-21(24)32)22-8-4-10-33-22)31-19-7-2-1-6-17(19)25(28)30-26(18)31/h1-10,14,16,23H,11-12H2,(H2,28,30). The Kier molecular flexibility index (Phi) is 4.49. The molecule has 1 aromatic carbocycles. The van der Waals surface area contributed by atoms with Gasteiger partial charge in [-0.2, -0.15) is 5.26 Å². The van der Waals surface area contributed by atoms with Gasteiger partial charge in [0.2, 0.25) is 0 Å². The molecule has 4 heterocycles. The van der Waals surface area contributed by atoms with Crippen molar-refractivity contribution in [1.29, 1.82) is 5.26 Å². The first-order valence-corrected chi connectivity index (χ1v) is 11.6. The molecule has 160 valence electrons. The monoisotopic (exact) mass is 449 g/mol. The maximum absolute atomic E-state index is 13.7. The first kappa shape index (κ1) is 19.6. The Morgan fingerprint density at radius 2 is 2.00 bits per heavy atom. The molecule has 6 rings (SSSR count). The van der Waals surface area contributed by atoms with Crippen LogP contribution in [0.15, 0.2) is 94.0 Å². The van der Waals surface area contributed by atoms with Crippen LogP contribution in [-0.4, -0.2) is 16.6 Å². The number of rotatable bonds is 2. The second kappa shape index (κ2) is 7.54. The molecule has 0 fully saturated rings. The zero-order valence-electron chi connectivity index (χ0n) is 17.6. The van der Waals surface area contributed by atoms with Crippen LogP contribution in [0.1, 0.15) is 40.7 Å². The minimum atomic E-state index is -0.511. The fraction of sp³-hybridized carbons (Fsp3) is 0.154. The third-order valence-electron chi connectivity index (χ3n) is 6.51. The van der Waals surface area contributed by atoms with Crippen molar-refractivity contribution in [3.8, 4) is 6.07 Å². The number of nitriles is 1. The summed E-state index contributed by atoms with van der Waals surface area (Å²) >= 11 is 1.67. The van der Waals surface area contributed by atoms with Crippen molar-refractivity contribution in [3.63, 3.8) is 0 Å². The van der Waals surface area contributed by atoms with Gasteiger partial charge in [0.05, 0.1) is 23.2 Å². The summed E-state index contributed by atoms with van der Waals surface area (Å²) in [6, 6.07) is 18.0. The van der Waals surface area contributed by atoms with Crippen molar-refractivity contribution >= 4 is 28.6 Å². The summed E-state index contributed by atoms with van der Waals surface area (Å²) in [6.07, 6.45) is 4.52. The Labute approximate surface area is 195 Å². The van der Waals surface area contributed by atoms with E-state index in [4.69, 9.17) is 10.7 Å². The number of aliphatic imine (C=N–C) groups is 1. The largest absolute Gasteiger partial charge is 0.383 e. The molecule has 3 aliphatic rings. The van der Waals surface area contributed by atoms with Crippen molar-refractivity contribution in [2.24, 2.45) is 10.7 Å². The normalized spacial score (nSPS) is 21.7. The summed E-state index contributed by atoms with van der Waals surface area (Å²) in [7, 11) is 0. The average Bonchev–Trinajstić information content (AvgIpc) is 3.39. The Hall–Kier alpha value is -4.02. The van der Waals surface area contributed by atoms with Crippen molar-refractivity contribution in [2.45, 2.75) is 24.7 Å². The molecule has 0 bridgehead atoms. The number of amidine groups is 1. The number of carbonyl (C=O) groups is 1. The number of nitrogens with two attached hydrogens (primary N) is 1. The number of Topliss-reactive ketones (excluding diaryl/α,β-unsaturated/α-hetero) is 1. The van der Waals surface area contributed by atoms with Crippen molar-refractivity contribution in [1.82, 2.24) is 4.98 Å². The molecule has 0 amide bonds. The SMILES string of the molecule is N#CC1=C2N=C(N)c3ccccc3N2C2=C(C(=O)CC(c3cccs3)C2)C1c1cccnc1. The topological polar surface area (TPSA) is 95.4 Å². The number of hydrogen-bond acceptors (Lipinski definition) is 7. The molecule has 0 radical (unpaired) electrons. The number of anilines is 1. The first-order valence-electron chi connectivity index (χ1n) is 10.7. The Bertz CT molecular complexity index is 1410. The second-order valence-corrected chi connectivity index (χ2v) is 9.30. The van der Waals surface area contributed by atoms with E-state index < -0.39 is 5.92 Å². The second-order valence-electron chi connectivity index (χ2n) is 8.32. The lowest BCUT2D eigenvalue weighted by Gasteiger charge is -2.43. The Morgan fingerprint density at radius 1 is 1.12 bits per heavy atom. The number of nitrogens with zero attached hydrogens (tertiary/aromatic N) is 4. The van der Waals surface area contributed by atoms with Gasteiger partial charge in [0.25, 0.3) is 0 Å². The van der Waals surface area contributed by atoms with Crippen LogP contribution in [0.4, 0.5) is 5.69 Å². The Morgan fingerprint density at radius 3 is 2.76 bits per heavy atom. The molecule has 2 aliphatic heterocycles. The third-order valence-corrected chi connectivity index (χ3v) is 7.55. The van der Waals surface area contributed by atoms with E-state index in [1.54, 1.807) is 23.7 Å². The van der Waals surface area contributed by atoms with Crippen LogP contribution >= 0.6 is 11.3 Å². The molecule has 0 spiro atoms. The Balaban J connectivity index is 1.63. The van der Waals surface area contributed by atoms with Gasteiger partial charge in [0.15, 0.2) is 11.6 Å². The lowest BCUT2D eigenvalue weighted by molar-refractivity contribution is -0.116. The molecular formula is C26H19N5OS. The number of para-hydroxylation sites is 1. The number of hydrogen-bond donors (Lipinski definition) is 1. The molecule has 3 aromatic rings. The molecule has 6 nitrogen and oxygen atoms in total. The highest BCUT2D eigenvalue weighted by molar-refractivity contribution is 7.10. The molecule has 2 unspecified atom stereocenters. The van der Waals surface area contributed by atoms with Crippen LogP contribution in [0, 0.1) is 11.3 Å². The average molecular weight is 450 g/mol. The van der Waals surface area contributed by atoms with Gasteiger partial charge in [-0.05, 0) is 41.6 Å². The molecule has 0 saturated heterocycles. The van der Waals surface area contributed by atoms with Crippen LogP contribution in [0.5, 0.6) is 0 Å². The fourth-order valence-electron chi connectivity index (χ4n) is 5.12. The van der Waals surface area contributed by atoms with E-state index in [1.807, 2.05) is 52.7 Å². The van der Waals surface area contributed by atoms with Crippen LogP contribution < -0.4 is 10.6 Å². The zero-order chi connectivity index (χ0) is 22.5. The summed E-state index contributed by atoms with van der Waals surface area (Å²) in [5.74, 6) is 0.515. The number of fused-ring (bicyclic) bond motifs is 4. The van der Waals surface area contributed by atoms with Gasteiger partial charge in [0, 0.05) is 46.4 Å². The molecule has 2 atom stereocenters. The van der Waals surface area contributed by atoms with Crippen molar-refractivity contribution in [2.75, 3.05) is 4.90 Å². The fourth-order valence-corrected chi connectivity index (χ4v) is 5.95. The molecule has 0 saturated carbocycles. The number of benzene rings is 1. The highest BCUT2D eigenvalue weighted by Gasteiger charge is 2.45. The summed E-state index contributed by atoms with van der Waals surface area (Å²) in [5.41, 5.74) is 10.8. The molecule has 33 heavy (non-hydrogen) atoms. The lowest BCUT2D eigenvalue weighted by Crippen LogP contribution is -2.40. The van der Waals surface area contributed by atoms with Gasteiger partial charge in [-0.1, -0.05) is 24.3 Å². The van der Waals surface area contributed by atoms with Gasteiger partial charge in [-0.25, -0.2) is 4.99 Å². The molecule has 1 aliphatic carbocycles. The summed E-state index contributed by atoms with van der Waals surface area (Å²) in [5, 5.41) is 12.3. The number of pyridine rings is 1. The maximum atomic E-state index is 13.7. The van der Waals surface area contributed by atoms with E-state index >= 15 is 0 Å². The summed E-state index contributed by atoms with van der Waals surface area (Å²) in [6.45, 7) is 0. The molecule has 2 N–H and O–H groups in total. The van der Waals surface area contributed by atoms with E-state index in [1.165, 1.54) is 4.88 Å². The lowest BCUT2D eigenvalue weighted by atomic mass is 9.73. The maximum Gasteiger partial charge on any atom is 0.162 e. The predicted octanol–water partition coefficient (Wildman–Crippen LogP) is 4.60. The molecule has 7 heteroatoms. The van der Waals surface area contributed by atoms with Crippen LogP contribution in [0.25, 0.3) is 0 Å². The van der Waals surface area contributed by atoms with Crippen LogP contribution in [0.2, 0.25) is 0 Å². The van der Waals surface area contributed by atoms with Crippen LogP contribution in [-0.2, 0) is 4.79 Å². The summed E-state index contributed by atoms with van der Waals surface area (Å²) in [4.78, 5) is 25.9. The first-order chi connectivity index (χ1) is 16.2. The van der Waals surface area contributed by atoms with E-state index in [-0.39, 0.29) is 11.7 Å². The van der Waals surface area contributed by atoms with Crippen molar-refractivity contribution < 1.29 is 4.79 Å². The predicted molar refractivity (Wildman–Crippen MR) is 128 cm³/mol. The minimum Gasteiger partial charge on any atom is -0.383 e. The van der Waals surface area contributed by atoms with Gasteiger partial charge in [-0.3, -0.25) is 14.7 Å². The van der Waals surface area contributed by atoms with Gasteiger partial charge in [0.1, 0.15) is 5.84 Å². The zero-order valence-corrected chi connectivity index (χ0v) is 18.4. The summed E-state index contributed by atoms with van der Waals surface area (Å²) < 4.78 is 0. The number of thiophene rings is 1. The van der Waals surface area contributed by atoms with E-state index in [0.29, 0.717) is 35.6 Å². The molecular weight excluding hydrogens is 430 g/mol. The quantitative estimate of drug-likeness (QED) is 0.617. The number of allylic oxidation sites excluding steroid dienone is 3. The van der Waals surface area contributed by atoms with E-state index in [2.05, 4.69) is 17.1 Å². The number of ketones is 1. The number of aromatic nitrogens is 1. The highest BCUT2D eigenvalue weighted by atomic mass is 32.1. The van der Waals surface area contributed by atoms with E-state index in [9.17, 15) is 10.1 Å². The van der Waals surface area contributed by atoms with Gasteiger partial charge in [-0.15, -0.1) is 11.3 Å². The van der Waals surface area contributed by atoms with Gasteiger partial charge >= 0.3 is 0 Å². The van der Waals surface area contributed by atoms with E-state index in [0.717, 1.165) is 22.5 Å². The minimum absolute atomic E-state index is 0.0651. The van der Waals surface area contributed by atoms with Gasteiger partial charge < -0.3 is 5.73 Å². The van der Waals surface area contributed by atoms with Crippen LogP contribution in [0.3, 0.4) is 0 Å². The smallest absolute Gasteiger partial charge is 0.162 e. The molecule has 2 aromatic heterocycles. The highest BCUT2D eigenvalue weighted by Crippen LogP contribution is 2.51. The third kappa shape index (κ3) is 2.95. The van der Waals surface area contributed by atoms with Crippen molar-refractivity contribution in [3.05, 3.63) is 105 Å².